The van der Waals surface area contributed by atoms with E-state index >= 15 is 0 Å². The molecule has 0 aliphatic carbocycles. The molecule has 2 aliphatic heterocycles. The van der Waals surface area contributed by atoms with E-state index in [-0.39, 0.29) is 18.6 Å². The second-order valence-electron chi connectivity index (χ2n) is 9.17. The van der Waals surface area contributed by atoms with Crippen molar-refractivity contribution in [1.29, 1.82) is 0 Å². The Bertz CT molecular complexity index is 979. The first-order chi connectivity index (χ1) is 15.8. The van der Waals surface area contributed by atoms with E-state index in [2.05, 4.69) is 41.2 Å². The number of urea groups is 1. The Labute approximate surface area is 195 Å². The second-order valence-corrected chi connectivity index (χ2v) is 9.17. The molecule has 2 amide bonds. The first-order valence-corrected chi connectivity index (χ1v) is 11.6. The molecular weight excluding hydrogens is 420 g/mol. The van der Waals surface area contributed by atoms with Crippen LogP contribution in [0.3, 0.4) is 0 Å². The third-order valence-corrected chi connectivity index (χ3v) is 6.12. The van der Waals surface area contributed by atoms with Crippen LogP contribution in [-0.2, 0) is 17.8 Å². The zero-order valence-corrected chi connectivity index (χ0v) is 19.8. The third kappa shape index (κ3) is 5.43. The highest BCUT2D eigenvalue weighted by atomic mass is 16.5. The van der Waals surface area contributed by atoms with Crippen LogP contribution in [0.5, 0.6) is 0 Å². The van der Waals surface area contributed by atoms with Crippen LogP contribution >= 0.6 is 0 Å². The Morgan fingerprint density at radius 2 is 1.97 bits per heavy atom. The SMILES string of the molecule is CC(O)CNC(=O)Nc1ccc(-c2nc(N3CCOC[C@@H]3C)nc3c2CN(C(C)C)C3)cc1. The molecule has 33 heavy (non-hydrogen) atoms. The van der Waals surface area contributed by atoms with E-state index in [1.54, 1.807) is 6.92 Å². The molecule has 1 fully saturated rings. The van der Waals surface area contributed by atoms with Crippen LogP contribution in [0.2, 0.25) is 0 Å². The Hall–Kier alpha value is -2.75. The number of hydrogen-bond acceptors (Lipinski definition) is 7. The summed E-state index contributed by atoms with van der Waals surface area (Å²) < 4.78 is 5.61. The fourth-order valence-electron chi connectivity index (χ4n) is 4.15. The Balaban J connectivity index is 1.61. The highest BCUT2D eigenvalue weighted by molar-refractivity contribution is 5.89. The van der Waals surface area contributed by atoms with Crippen molar-refractivity contribution in [2.75, 3.05) is 36.5 Å². The molecule has 9 nitrogen and oxygen atoms in total. The Kier molecular flexibility index (Phi) is 7.11. The van der Waals surface area contributed by atoms with Gasteiger partial charge in [0.05, 0.1) is 36.7 Å². The molecule has 3 heterocycles. The molecule has 1 unspecified atom stereocenters. The summed E-state index contributed by atoms with van der Waals surface area (Å²) in [4.78, 5) is 26.6. The highest BCUT2D eigenvalue weighted by Crippen LogP contribution is 2.34. The van der Waals surface area contributed by atoms with Gasteiger partial charge in [0.1, 0.15) is 0 Å². The molecule has 0 saturated carbocycles. The molecule has 178 valence electrons. The molecule has 0 spiro atoms. The average Bonchev–Trinajstić information content (AvgIpc) is 3.23. The van der Waals surface area contributed by atoms with Gasteiger partial charge in [-0.3, -0.25) is 4.90 Å². The monoisotopic (exact) mass is 454 g/mol. The van der Waals surface area contributed by atoms with Crippen LogP contribution < -0.4 is 15.5 Å². The maximum Gasteiger partial charge on any atom is 0.319 e. The number of nitrogens with one attached hydrogen (secondary N) is 2. The summed E-state index contributed by atoms with van der Waals surface area (Å²) in [5.74, 6) is 0.754. The van der Waals surface area contributed by atoms with Crippen molar-refractivity contribution in [3.05, 3.63) is 35.5 Å². The predicted molar refractivity (Wildman–Crippen MR) is 128 cm³/mol. The number of nitrogens with zero attached hydrogens (tertiary/aromatic N) is 4. The molecular formula is C24H34N6O3. The van der Waals surface area contributed by atoms with E-state index < -0.39 is 6.10 Å². The van der Waals surface area contributed by atoms with Crippen molar-refractivity contribution < 1.29 is 14.6 Å². The van der Waals surface area contributed by atoms with Gasteiger partial charge >= 0.3 is 6.03 Å². The normalized spacial score (nSPS) is 19.5. The van der Waals surface area contributed by atoms with Gasteiger partial charge in [-0.05, 0) is 39.8 Å². The fraction of sp³-hybridized carbons (Fsp3) is 0.542. The quantitative estimate of drug-likeness (QED) is 0.616. The molecule has 0 radical (unpaired) electrons. The molecule has 2 atom stereocenters. The van der Waals surface area contributed by atoms with Gasteiger partial charge < -0.3 is 25.4 Å². The molecule has 4 rings (SSSR count). The highest BCUT2D eigenvalue weighted by Gasteiger charge is 2.30. The smallest absolute Gasteiger partial charge is 0.319 e. The molecule has 1 aromatic carbocycles. The summed E-state index contributed by atoms with van der Waals surface area (Å²) in [5.41, 5.74) is 4.88. The molecule has 3 N–H and O–H groups in total. The number of aliphatic hydroxyl groups is 1. The number of ether oxygens (including phenoxy) is 1. The maximum absolute atomic E-state index is 12.0. The Morgan fingerprint density at radius 3 is 2.64 bits per heavy atom. The number of fused-ring (bicyclic) bond motifs is 1. The van der Waals surface area contributed by atoms with Crippen LogP contribution in [0.25, 0.3) is 11.3 Å². The van der Waals surface area contributed by atoms with E-state index in [9.17, 15) is 9.90 Å². The third-order valence-electron chi connectivity index (χ3n) is 6.12. The number of morpholine rings is 1. The van der Waals surface area contributed by atoms with Gasteiger partial charge in [-0.2, -0.15) is 0 Å². The maximum atomic E-state index is 12.0. The van der Waals surface area contributed by atoms with E-state index in [0.717, 1.165) is 42.5 Å². The minimum atomic E-state index is -0.591. The van der Waals surface area contributed by atoms with Gasteiger partial charge in [-0.1, -0.05) is 12.1 Å². The van der Waals surface area contributed by atoms with Gasteiger partial charge in [-0.15, -0.1) is 0 Å². The van der Waals surface area contributed by atoms with Gasteiger partial charge in [0.25, 0.3) is 0 Å². The summed E-state index contributed by atoms with van der Waals surface area (Å²) in [6, 6.07) is 8.01. The first kappa shape index (κ1) is 23.4. The number of benzene rings is 1. The number of hydrogen-bond donors (Lipinski definition) is 3. The summed E-state index contributed by atoms with van der Waals surface area (Å²) in [6.07, 6.45) is -0.591. The van der Waals surface area contributed by atoms with Crippen molar-refractivity contribution >= 4 is 17.7 Å². The summed E-state index contributed by atoms with van der Waals surface area (Å²) in [6.45, 7) is 12.1. The van der Waals surface area contributed by atoms with Crippen molar-refractivity contribution in [3.8, 4) is 11.3 Å². The number of carbonyl (C=O) groups excluding carboxylic acids is 1. The lowest BCUT2D eigenvalue weighted by Crippen LogP contribution is -2.44. The number of anilines is 2. The van der Waals surface area contributed by atoms with E-state index in [0.29, 0.717) is 24.9 Å². The van der Waals surface area contributed by atoms with Crippen LogP contribution in [0.15, 0.2) is 24.3 Å². The lowest BCUT2D eigenvalue weighted by Gasteiger charge is -2.33. The molecule has 1 aromatic heterocycles. The van der Waals surface area contributed by atoms with Crippen LogP contribution in [0.4, 0.5) is 16.4 Å². The standard InChI is InChI=1S/C24H34N6O3/c1-15(2)29-12-20-21(13-29)27-23(30-9-10-33-14-16(30)3)28-22(20)18-5-7-19(8-6-18)26-24(32)25-11-17(4)31/h5-8,15-17,31H,9-14H2,1-4H3,(H2,25,26,32)/t16-,17?/m0/s1. The number of rotatable bonds is 6. The lowest BCUT2D eigenvalue weighted by atomic mass is 10.1. The minimum Gasteiger partial charge on any atom is -0.392 e. The number of aliphatic hydroxyl groups excluding tert-OH is 1. The van der Waals surface area contributed by atoms with E-state index in [1.807, 2.05) is 24.3 Å². The van der Waals surface area contributed by atoms with E-state index in [4.69, 9.17) is 14.7 Å². The summed E-state index contributed by atoms with van der Waals surface area (Å²) in [5, 5.41) is 14.8. The van der Waals surface area contributed by atoms with Gasteiger partial charge in [-0.25, -0.2) is 14.8 Å². The second kappa shape index (κ2) is 10.0. The zero-order chi connectivity index (χ0) is 23.5. The van der Waals surface area contributed by atoms with Crippen molar-refractivity contribution in [1.82, 2.24) is 20.2 Å². The van der Waals surface area contributed by atoms with Crippen LogP contribution in [0.1, 0.15) is 39.0 Å². The summed E-state index contributed by atoms with van der Waals surface area (Å²) >= 11 is 0. The molecule has 2 aromatic rings. The van der Waals surface area contributed by atoms with E-state index in [1.165, 1.54) is 5.56 Å². The predicted octanol–water partition coefficient (Wildman–Crippen LogP) is 2.59. The van der Waals surface area contributed by atoms with Crippen molar-refractivity contribution in [3.63, 3.8) is 0 Å². The summed E-state index contributed by atoms with van der Waals surface area (Å²) in [7, 11) is 0. The molecule has 2 aliphatic rings. The molecule has 9 heteroatoms. The Morgan fingerprint density at radius 1 is 1.21 bits per heavy atom. The first-order valence-electron chi connectivity index (χ1n) is 11.6. The van der Waals surface area contributed by atoms with Crippen molar-refractivity contribution in [2.24, 2.45) is 0 Å². The topological polar surface area (TPSA) is 103 Å². The zero-order valence-electron chi connectivity index (χ0n) is 19.8. The molecule has 1 saturated heterocycles. The van der Waals surface area contributed by atoms with Crippen molar-refractivity contribution in [2.45, 2.75) is 59.0 Å². The molecule has 0 bridgehead atoms. The fourth-order valence-corrected chi connectivity index (χ4v) is 4.15. The van der Waals surface area contributed by atoms with Crippen LogP contribution in [-0.4, -0.2) is 70.5 Å². The number of amides is 2. The lowest BCUT2D eigenvalue weighted by molar-refractivity contribution is 0.0980. The van der Waals surface area contributed by atoms with Gasteiger partial charge in [0, 0.05) is 49.0 Å². The van der Waals surface area contributed by atoms with Crippen LogP contribution in [0, 0.1) is 0 Å². The number of carbonyl (C=O) groups is 1. The number of aromatic nitrogens is 2. The van der Waals surface area contributed by atoms with Gasteiger partial charge in [0.2, 0.25) is 5.95 Å². The van der Waals surface area contributed by atoms with Gasteiger partial charge in [0.15, 0.2) is 0 Å². The average molecular weight is 455 g/mol. The minimum absolute atomic E-state index is 0.200. The largest absolute Gasteiger partial charge is 0.392 e.